The SMILES string of the molecule is C/C(=N\NC(=O)c1ccc(COc2ccc3ccccc3c2)o1)c1ccc(NC(=O)c2ccoc2C)cc1. The summed E-state index contributed by atoms with van der Waals surface area (Å²) in [4.78, 5) is 24.9. The lowest BCUT2D eigenvalue weighted by molar-refractivity contribution is 0.0922. The second-order valence-electron chi connectivity index (χ2n) is 8.62. The molecular weight excluding hydrogens is 482 g/mol. The summed E-state index contributed by atoms with van der Waals surface area (Å²) >= 11 is 0. The van der Waals surface area contributed by atoms with Crippen LogP contribution in [-0.4, -0.2) is 17.5 Å². The van der Waals surface area contributed by atoms with Crippen LogP contribution in [-0.2, 0) is 6.61 Å². The molecular formula is C30H25N3O5. The molecule has 0 saturated carbocycles. The van der Waals surface area contributed by atoms with Gasteiger partial charge in [0.25, 0.3) is 5.91 Å². The van der Waals surface area contributed by atoms with Crippen molar-refractivity contribution in [3.05, 3.63) is 120 Å². The Bertz CT molecular complexity index is 1630. The van der Waals surface area contributed by atoms with Crippen molar-refractivity contribution in [1.29, 1.82) is 0 Å². The number of hydrogen-bond donors (Lipinski definition) is 2. The maximum absolute atomic E-state index is 12.5. The van der Waals surface area contributed by atoms with Gasteiger partial charge in [-0.05, 0) is 72.6 Å². The fourth-order valence-corrected chi connectivity index (χ4v) is 3.86. The Kier molecular flexibility index (Phi) is 7.04. The molecule has 5 rings (SSSR count). The number of rotatable bonds is 8. The van der Waals surface area contributed by atoms with E-state index in [1.54, 1.807) is 56.3 Å². The maximum Gasteiger partial charge on any atom is 0.307 e. The van der Waals surface area contributed by atoms with Gasteiger partial charge in [-0.25, -0.2) is 5.43 Å². The summed E-state index contributed by atoms with van der Waals surface area (Å²) in [6.45, 7) is 3.69. The molecule has 0 aliphatic rings. The molecule has 0 spiro atoms. The minimum absolute atomic E-state index is 0.131. The highest BCUT2D eigenvalue weighted by molar-refractivity contribution is 6.05. The molecule has 2 amide bonds. The first-order chi connectivity index (χ1) is 18.5. The van der Waals surface area contributed by atoms with Crippen LogP contribution in [0.1, 0.15) is 44.9 Å². The second kappa shape index (κ2) is 10.9. The number of benzene rings is 3. The summed E-state index contributed by atoms with van der Waals surface area (Å²) in [6.07, 6.45) is 1.48. The van der Waals surface area contributed by atoms with E-state index in [9.17, 15) is 9.59 Å². The molecule has 38 heavy (non-hydrogen) atoms. The van der Waals surface area contributed by atoms with Crippen LogP contribution in [0.3, 0.4) is 0 Å². The molecule has 3 aromatic carbocycles. The first kappa shape index (κ1) is 24.6. The van der Waals surface area contributed by atoms with Gasteiger partial charge in [0.2, 0.25) is 0 Å². The van der Waals surface area contributed by atoms with E-state index < -0.39 is 5.91 Å². The summed E-state index contributed by atoms with van der Waals surface area (Å²) in [7, 11) is 0. The molecule has 0 unspecified atom stereocenters. The standard InChI is InChI=1S/C30H25N3O5/c1-19(21-7-10-24(11-8-21)31-29(34)27-15-16-36-20(27)2)32-33-30(35)28-14-13-26(38-28)18-37-25-12-9-22-5-3-4-6-23(22)17-25/h3-17H,18H2,1-2H3,(H,31,34)(H,33,35)/b32-19+. The summed E-state index contributed by atoms with van der Waals surface area (Å²) in [5, 5.41) is 9.21. The van der Waals surface area contributed by atoms with Gasteiger partial charge in [0, 0.05) is 5.69 Å². The van der Waals surface area contributed by atoms with Gasteiger partial charge in [-0.3, -0.25) is 9.59 Å². The highest BCUT2D eigenvalue weighted by Gasteiger charge is 2.13. The number of amides is 2. The molecule has 0 aliphatic carbocycles. The molecule has 0 fully saturated rings. The monoisotopic (exact) mass is 507 g/mol. The predicted octanol–water partition coefficient (Wildman–Crippen LogP) is 6.32. The van der Waals surface area contributed by atoms with Gasteiger partial charge in [-0.15, -0.1) is 0 Å². The molecule has 190 valence electrons. The maximum atomic E-state index is 12.5. The van der Waals surface area contributed by atoms with Crippen molar-refractivity contribution in [3.8, 4) is 5.75 Å². The van der Waals surface area contributed by atoms with Crippen molar-refractivity contribution in [3.63, 3.8) is 0 Å². The van der Waals surface area contributed by atoms with Crippen LogP contribution in [0.5, 0.6) is 5.75 Å². The van der Waals surface area contributed by atoms with Gasteiger partial charge >= 0.3 is 5.91 Å². The fourth-order valence-electron chi connectivity index (χ4n) is 3.86. The molecule has 2 heterocycles. The Morgan fingerprint density at radius 3 is 2.45 bits per heavy atom. The van der Waals surface area contributed by atoms with E-state index >= 15 is 0 Å². The van der Waals surface area contributed by atoms with Crippen LogP contribution >= 0.6 is 0 Å². The zero-order chi connectivity index (χ0) is 26.5. The minimum Gasteiger partial charge on any atom is -0.486 e. The van der Waals surface area contributed by atoms with Crippen LogP contribution in [0.25, 0.3) is 10.8 Å². The van der Waals surface area contributed by atoms with Gasteiger partial charge in [-0.2, -0.15) is 5.10 Å². The van der Waals surface area contributed by atoms with Crippen molar-refractivity contribution >= 4 is 34.0 Å². The average molecular weight is 508 g/mol. The number of hydrazone groups is 1. The number of hydrogen-bond acceptors (Lipinski definition) is 6. The molecule has 8 nitrogen and oxygen atoms in total. The van der Waals surface area contributed by atoms with Crippen LogP contribution < -0.4 is 15.5 Å². The number of carbonyl (C=O) groups is 2. The number of ether oxygens (including phenoxy) is 1. The lowest BCUT2D eigenvalue weighted by Crippen LogP contribution is -2.18. The Morgan fingerprint density at radius 2 is 1.68 bits per heavy atom. The number of carbonyl (C=O) groups excluding carboxylic acids is 2. The Balaban J connectivity index is 1.15. The minimum atomic E-state index is -0.472. The normalized spacial score (nSPS) is 11.4. The topological polar surface area (TPSA) is 106 Å². The third-order valence-electron chi connectivity index (χ3n) is 5.98. The molecule has 2 N–H and O–H groups in total. The molecule has 8 heteroatoms. The summed E-state index contributed by atoms with van der Waals surface area (Å²) < 4.78 is 16.6. The van der Waals surface area contributed by atoms with E-state index in [-0.39, 0.29) is 18.3 Å². The number of fused-ring (bicyclic) bond motifs is 1. The van der Waals surface area contributed by atoms with Gasteiger partial charge in [0.1, 0.15) is 23.9 Å². The molecule has 0 bridgehead atoms. The Labute approximate surface area is 218 Å². The largest absolute Gasteiger partial charge is 0.486 e. The third kappa shape index (κ3) is 5.65. The number of furan rings is 2. The quantitative estimate of drug-likeness (QED) is 0.189. The van der Waals surface area contributed by atoms with E-state index in [1.807, 2.05) is 42.5 Å². The third-order valence-corrected chi connectivity index (χ3v) is 5.98. The highest BCUT2D eigenvalue weighted by atomic mass is 16.5. The number of aryl methyl sites for hydroxylation is 1. The van der Waals surface area contributed by atoms with E-state index in [0.717, 1.165) is 16.3 Å². The van der Waals surface area contributed by atoms with E-state index in [0.29, 0.717) is 34.2 Å². The molecule has 0 aliphatic heterocycles. The first-order valence-corrected chi connectivity index (χ1v) is 12.0. The number of anilines is 1. The van der Waals surface area contributed by atoms with Crippen molar-refractivity contribution < 1.29 is 23.2 Å². The van der Waals surface area contributed by atoms with Gasteiger partial charge < -0.3 is 18.9 Å². The van der Waals surface area contributed by atoms with Crippen LogP contribution in [0, 0.1) is 6.92 Å². The van der Waals surface area contributed by atoms with Crippen molar-refractivity contribution in [2.24, 2.45) is 5.10 Å². The second-order valence-corrected chi connectivity index (χ2v) is 8.62. The van der Waals surface area contributed by atoms with E-state index in [2.05, 4.69) is 15.8 Å². The van der Waals surface area contributed by atoms with Crippen LogP contribution in [0.15, 0.2) is 105 Å². The first-order valence-electron chi connectivity index (χ1n) is 12.0. The summed E-state index contributed by atoms with van der Waals surface area (Å²) in [5.74, 6) is 1.20. The van der Waals surface area contributed by atoms with Crippen molar-refractivity contribution in [2.45, 2.75) is 20.5 Å². The smallest absolute Gasteiger partial charge is 0.307 e. The fraction of sp³-hybridized carbons (Fsp3) is 0.100. The molecule has 0 atom stereocenters. The molecule has 5 aromatic rings. The number of nitrogens with zero attached hydrogens (tertiary/aromatic N) is 1. The zero-order valence-electron chi connectivity index (χ0n) is 20.9. The van der Waals surface area contributed by atoms with Crippen LogP contribution in [0.4, 0.5) is 5.69 Å². The van der Waals surface area contributed by atoms with E-state index in [1.165, 1.54) is 6.26 Å². The average Bonchev–Trinajstić information content (AvgIpc) is 3.60. The Hall–Kier alpha value is -5.11. The molecule has 2 aromatic heterocycles. The summed E-state index contributed by atoms with van der Waals surface area (Å²) in [5.41, 5.74) is 5.00. The Morgan fingerprint density at radius 1 is 0.895 bits per heavy atom. The van der Waals surface area contributed by atoms with Crippen molar-refractivity contribution in [1.82, 2.24) is 5.43 Å². The zero-order valence-corrected chi connectivity index (χ0v) is 20.9. The summed E-state index contributed by atoms with van der Waals surface area (Å²) in [6, 6.07) is 25.9. The lowest BCUT2D eigenvalue weighted by atomic mass is 10.1. The molecule has 0 radical (unpaired) electrons. The van der Waals surface area contributed by atoms with E-state index in [4.69, 9.17) is 13.6 Å². The van der Waals surface area contributed by atoms with Gasteiger partial charge in [-0.1, -0.05) is 42.5 Å². The van der Waals surface area contributed by atoms with Crippen molar-refractivity contribution in [2.75, 3.05) is 5.32 Å². The number of nitrogens with one attached hydrogen (secondary N) is 2. The van der Waals surface area contributed by atoms with Gasteiger partial charge in [0.05, 0.1) is 17.5 Å². The van der Waals surface area contributed by atoms with Crippen LogP contribution in [0.2, 0.25) is 0 Å². The predicted molar refractivity (Wildman–Crippen MR) is 145 cm³/mol. The van der Waals surface area contributed by atoms with Gasteiger partial charge in [0.15, 0.2) is 5.76 Å². The molecule has 0 saturated heterocycles. The highest BCUT2D eigenvalue weighted by Crippen LogP contribution is 2.22. The lowest BCUT2D eigenvalue weighted by Gasteiger charge is -2.06.